The molecule has 3 aromatic carbocycles. The first-order chi connectivity index (χ1) is 15.0. The van der Waals surface area contributed by atoms with E-state index in [1.165, 1.54) is 14.2 Å². The summed E-state index contributed by atoms with van der Waals surface area (Å²) in [6.07, 6.45) is -0.832. The van der Waals surface area contributed by atoms with Crippen LogP contribution in [0.25, 0.3) is 21.9 Å². The van der Waals surface area contributed by atoms with Gasteiger partial charge in [0.1, 0.15) is 16.9 Å². The van der Waals surface area contributed by atoms with Gasteiger partial charge in [-0.3, -0.25) is 4.79 Å². The van der Waals surface area contributed by atoms with E-state index in [0.29, 0.717) is 34.3 Å². The molecule has 0 fully saturated rings. The monoisotopic (exact) mass is 421 g/mol. The predicted molar refractivity (Wildman–Crippen MR) is 119 cm³/mol. The van der Waals surface area contributed by atoms with Gasteiger partial charge < -0.3 is 28.7 Å². The van der Waals surface area contributed by atoms with Crippen LogP contribution in [0.1, 0.15) is 6.92 Å². The van der Waals surface area contributed by atoms with Crippen molar-refractivity contribution in [3.8, 4) is 23.0 Å². The minimum Gasteiger partial charge on any atom is -0.495 e. The van der Waals surface area contributed by atoms with Crippen molar-refractivity contribution >= 4 is 33.5 Å². The van der Waals surface area contributed by atoms with Crippen molar-refractivity contribution in [2.75, 3.05) is 26.6 Å². The first-order valence-electron chi connectivity index (χ1n) is 9.73. The van der Waals surface area contributed by atoms with Gasteiger partial charge >= 0.3 is 0 Å². The summed E-state index contributed by atoms with van der Waals surface area (Å²) in [6.45, 7) is 1.65. The van der Waals surface area contributed by atoms with Crippen molar-refractivity contribution in [1.82, 2.24) is 0 Å². The fourth-order valence-electron chi connectivity index (χ4n) is 3.42. The molecule has 0 spiro atoms. The highest BCUT2D eigenvalue weighted by atomic mass is 16.5. The maximum Gasteiger partial charge on any atom is 0.265 e. The van der Waals surface area contributed by atoms with Gasteiger partial charge in [0.05, 0.1) is 27.0 Å². The maximum atomic E-state index is 12.9. The minimum absolute atomic E-state index is 0.356. The molecule has 0 radical (unpaired) electrons. The van der Waals surface area contributed by atoms with Gasteiger partial charge in [0, 0.05) is 16.8 Å². The molecule has 7 nitrogen and oxygen atoms in total. The molecule has 31 heavy (non-hydrogen) atoms. The number of nitrogens with one attached hydrogen (secondary N) is 1. The van der Waals surface area contributed by atoms with Crippen molar-refractivity contribution in [1.29, 1.82) is 0 Å². The van der Waals surface area contributed by atoms with Crippen LogP contribution >= 0.6 is 0 Å². The molecular weight excluding hydrogens is 398 g/mol. The number of fused-ring (bicyclic) bond motifs is 3. The third-order valence-corrected chi connectivity index (χ3v) is 5.00. The van der Waals surface area contributed by atoms with E-state index < -0.39 is 6.10 Å². The molecule has 0 aliphatic carbocycles. The van der Waals surface area contributed by atoms with E-state index in [4.69, 9.17) is 23.4 Å². The molecule has 1 heterocycles. The maximum absolute atomic E-state index is 12.9. The number of amides is 1. The Balaban J connectivity index is 1.61. The number of benzene rings is 3. The number of carbonyl (C=O) groups excluding carboxylic acids is 1. The number of rotatable bonds is 7. The lowest BCUT2D eigenvalue weighted by Crippen LogP contribution is -2.30. The fourth-order valence-corrected chi connectivity index (χ4v) is 3.42. The second-order valence-electron chi connectivity index (χ2n) is 6.89. The summed E-state index contributed by atoms with van der Waals surface area (Å²) in [4.78, 5) is 12.9. The molecule has 0 saturated heterocycles. The number of furan rings is 1. The van der Waals surface area contributed by atoms with Crippen LogP contribution in [0.4, 0.5) is 5.69 Å². The highest BCUT2D eigenvalue weighted by molar-refractivity contribution is 6.08. The number of hydrogen-bond donors (Lipinski definition) is 1. The Morgan fingerprint density at radius 3 is 2.19 bits per heavy atom. The zero-order valence-corrected chi connectivity index (χ0v) is 17.7. The normalized spacial score (nSPS) is 11.9. The molecule has 160 valence electrons. The molecule has 4 aromatic rings. The zero-order chi connectivity index (χ0) is 22.0. The molecule has 7 heteroatoms. The van der Waals surface area contributed by atoms with Crippen LogP contribution in [0.3, 0.4) is 0 Å². The summed E-state index contributed by atoms with van der Waals surface area (Å²) < 4.78 is 28.0. The fraction of sp³-hybridized carbons (Fsp3) is 0.208. The number of para-hydroxylation sites is 2. The molecule has 4 rings (SSSR count). The Morgan fingerprint density at radius 2 is 1.52 bits per heavy atom. The lowest BCUT2D eigenvalue weighted by atomic mass is 10.1. The van der Waals surface area contributed by atoms with Gasteiger partial charge in [0.25, 0.3) is 5.91 Å². The highest BCUT2D eigenvalue weighted by Crippen LogP contribution is 2.38. The van der Waals surface area contributed by atoms with E-state index in [1.54, 1.807) is 38.3 Å². The average molecular weight is 421 g/mol. The second kappa shape index (κ2) is 8.47. The van der Waals surface area contributed by atoms with Crippen LogP contribution in [0.15, 0.2) is 59.0 Å². The Kier molecular flexibility index (Phi) is 5.58. The van der Waals surface area contributed by atoms with Crippen LogP contribution in [-0.4, -0.2) is 33.3 Å². The van der Waals surface area contributed by atoms with Crippen molar-refractivity contribution < 1.29 is 28.2 Å². The van der Waals surface area contributed by atoms with Gasteiger partial charge in [0.2, 0.25) is 5.75 Å². The van der Waals surface area contributed by atoms with Crippen LogP contribution < -0.4 is 24.3 Å². The molecule has 1 atom stereocenters. The Bertz CT molecular complexity index is 1220. The Labute approximate surface area is 179 Å². The summed E-state index contributed by atoms with van der Waals surface area (Å²) in [5, 5.41) is 4.75. The van der Waals surface area contributed by atoms with Crippen molar-refractivity contribution in [3.05, 3.63) is 54.6 Å². The minimum atomic E-state index is -0.832. The van der Waals surface area contributed by atoms with Crippen LogP contribution in [0.2, 0.25) is 0 Å². The van der Waals surface area contributed by atoms with E-state index in [2.05, 4.69) is 5.32 Å². The third kappa shape index (κ3) is 3.82. The molecule has 1 amide bonds. The van der Waals surface area contributed by atoms with Gasteiger partial charge in [-0.25, -0.2) is 0 Å². The molecule has 0 aliphatic rings. The number of ether oxygens (including phenoxy) is 4. The van der Waals surface area contributed by atoms with E-state index in [-0.39, 0.29) is 5.91 Å². The molecule has 1 aromatic heterocycles. The van der Waals surface area contributed by atoms with Gasteiger partial charge in [0.15, 0.2) is 17.6 Å². The summed E-state index contributed by atoms with van der Waals surface area (Å²) in [5.74, 6) is 1.46. The second-order valence-corrected chi connectivity index (χ2v) is 6.89. The number of carbonyl (C=O) groups is 1. The first kappa shape index (κ1) is 20.4. The molecule has 0 unspecified atom stereocenters. The molecule has 0 aliphatic heterocycles. The van der Waals surface area contributed by atoms with Gasteiger partial charge in [-0.1, -0.05) is 24.3 Å². The summed E-state index contributed by atoms with van der Waals surface area (Å²) in [7, 11) is 4.61. The lowest BCUT2D eigenvalue weighted by molar-refractivity contribution is -0.122. The quantitative estimate of drug-likeness (QED) is 0.452. The number of methoxy groups -OCH3 is 3. The van der Waals surface area contributed by atoms with Gasteiger partial charge in [-0.15, -0.1) is 0 Å². The smallest absolute Gasteiger partial charge is 0.265 e. The van der Waals surface area contributed by atoms with E-state index in [9.17, 15) is 4.79 Å². The Hall–Kier alpha value is -3.87. The Morgan fingerprint density at radius 1 is 0.839 bits per heavy atom. The SMILES string of the molecule is COc1cc2c(cc1NC(=O)[C@@H](C)Oc1c(OC)cccc1OC)oc1ccccc12. The zero-order valence-electron chi connectivity index (χ0n) is 17.7. The van der Waals surface area contributed by atoms with Gasteiger partial charge in [-0.05, 0) is 31.2 Å². The topological polar surface area (TPSA) is 79.2 Å². The molecular formula is C24H23NO6. The highest BCUT2D eigenvalue weighted by Gasteiger charge is 2.22. The van der Waals surface area contributed by atoms with Crippen molar-refractivity contribution in [2.24, 2.45) is 0 Å². The third-order valence-electron chi connectivity index (χ3n) is 5.00. The molecule has 0 saturated carbocycles. The lowest BCUT2D eigenvalue weighted by Gasteiger charge is -2.19. The summed E-state index contributed by atoms with van der Waals surface area (Å²) in [6, 6.07) is 16.6. The largest absolute Gasteiger partial charge is 0.495 e. The van der Waals surface area contributed by atoms with Gasteiger partial charge in [-0.2, -0.15) is 0 Å². The van der Waals surface area contributed by atoms with E-state index in [0.717, 1.165) is 16.4 Å². The number of hydrogen-bond acceptors (Lipinski definition) is 6. The standard InChI is InChI=1S/C24H23NO6/c1-14(30-23-19(27-2)10-7-11-20(23)28-3)24(26)25-17-13-21-16(12-22(17)29-4)15-8-5-6-9-18(15)31-21/h5-14H,1-4H3,(H,25,26)/t14-/m1/s1. The molecule has 0 bridgehead atoms. The van der Waals surface area contributed by atoms with E-state index >= 15 is 0 Å². The van der Waals surface area contributed by atoms with Crippen LogP contribution in [0, 0.1) is 0 Å². The van der Waals surface area contributed by atoms with Crippen LogP contribution in [-0.2, 0) is 4.79 Å². The predicted octanol–water partition coefficient (Wildman–Crippen LogP) is 5.02. The summed E-state index contributed by atoms with van der Waals surface area (Å²) >= 11 is 0. The average Bonchev–Trinajstić information content (AvgIpc) is 3.15. The van der Waals surface area contributed by atoms with E-state index in [1.807, 2.05) is 30.3 Å². The molecule has 1 N–H and O–H groups in total. The van der Waals surface area contributed by atoms with Crippen molar-refractivity contribution in [3.63, 3.8) is 0 Å². The van der Waals surface area contributed by atoms with Crippen LogP contribution in [0.5, 0.6) is 23.0 Å². The van der Waals surface area contributed by atoms with Crippen molar-refractivity contribution in [2.45, 2.75) is 13.0 Å². The summed E-state index contributed by atoms with van der Waals surface area (Å²) in [5.41, 5.74) is 1.90. The number of anilines is 1. The first-order valence-corrected chi connectivity index (χ1v) is 9.73.